The average molecular weight is 207 g/mol. The molecule has 2 heterocycles. The number of hydrogen-bond donors (Lipinski definition) is 2. The molecule has 0 aliphatic heterocycles. The molecule has 2 aromatic heterocycles. The first-order valence-corrected chi connectivity index (χ1v) is 4.20. The summed E-state index contributed by atoms with van der Waals surface area (Å²) in [6, 6.07) is 1.65. The van der Waals surface area contributed by atoms with E-state index in [-0.39, 0.29) is 5.56 Å². The van der Waals surface area contributed by atoms with Gasteiger partial charge >= 0.3 is 5.97 Å². The van der Waals surface area contributed by atoms with Crippen LogP contribution in [0.3, 0.4) is 0 Å². The Morgan fingerprint density at radius 3 is 2.87 bits per heavy atom. The molecule has 3 N–H and O–H groups in total. The van der Waals surface area contributed by atoms with E-state index >= 15 is 0 Å². The molecular formula is C8H9N5O2. The lowest BCUT2D eigenvalue weighted by Gasteiger charge is -2.00. The van der Waals surface area contributed by atoms with E-state index in [1.165, 1.54) is 17.1 Å². The number of carbonyl (C=O) groups is 1. The Labute approximate surface area is 84.7 Å². The largest absolute Gasteiger partial charge is 0.478 e. The smallest absolute Gasteiger partial charge is 0.338 e. The summed E-state index contributed by atoms with van der Waals surface area (Å²) in [4.78, 5) is 10.6. The molecule has 2 rings (SSSR count). The molecule has 0 fully saturated rings. The number of carboxylic acids is 1. The van der Waals surface area contributed by atoms with Crippen LogP contribution in [0.1, 0.15) is 10.4 Å². The molecular weight excluding hydrogens is 198 g/mol. The third-order valence-electron chi connectivity index (χ3n) is 1.83. The number of carboxylic acid groups (broad SMARTS) is 1. The molecule has 0 amide bonds. The van der Waals surface area contributed by atoms with Gasteiger partial charge in [-0.25, -0.2) is 9.48 Å². The number of aromatic nitrogens is 4. The van der Waals surface area contributed by atoms with Crippen LogP contribution in [0.25, 0.3) is 0 Å². The van der Waals surface area contributed by atoms with E-state index in [1.54, 1.807) is 16.9 Å². The number of nitrogens with zero attached hydrogens (tertiary/aromatic N) is 4. The highest BCUT2D eigenvalue weighted by Gasteiger charge is 2.05. The first-order chi connectivity index (χ1) is 7.15. The topological polar surface area (TPSA) is 99.0 Å². The van der Waals surface area contributed by atoms with Crippen molar-refractivity contribution in [1.29, 1.82) is 0 Å². The fourth-order valence-corrected chi connectivity index (χ4v) is 1.16. The zero-order valence-electron chi connectivity index (χ0n) is 7.74. The molecule has 0 bridgehead atoms. The van der Waals surface area contributed by atoms with Gasteiger partial charge in [-0.15, -0.1) is 0 Å². The van der Waals surface area contributed by atoms with E-state index in [0.717, 1.165) is 0 Å². The van der Waals surface area contributed by atoms with Gasteiger partial charge in [0.05, 0.1) is 11.8 Å². The van der Waals surface area contributed by atoms with Crippen LogP contribution < -0.4 is 5.73 Å². The Balaban J connectivity index is 2.14. The van der Waals surface area contributed by atoms with Gasteiger partial charge < -0.3 is 10.8 Å². The van der Waals surface area contributed by atoms with Crippen molar-refractivity contribution < 1.29 is 9.90 Å². The van der Waals surface area contributed by atoms with Crippen LogP contribution >= 0.6 is 0 Å². The summed E-state index contributed by atoms with van der Waals surface area (Å²) in [6.45, 7) is 0.338. The highest BCUT2D eigenvalue weighted by atomic mass is 16.4. The van der Waals surface area contributed by atoms with E-state index in [4.69, 9.17) is 10.8 Å². The zero-order valence-corrected chi connectivity index (χ0v) is 7.74. The fourth-order valence-electron chi connectivity index (χ4n) is 1.16. The van der Waals surface area contributed by atoms with Gasteiger partial charge in [-0.3, -0.25) is 4.68 Å². The van der Waals surface area contributed by atoms with Gasteiger partial charge in [-0.2, -0.15) is 10.2 Å². The molecule has 0 saturated carbocycles. The quantitative estimate of drug-likeness (QED) is 0.730. The van der Waals surface area contributed by atoms with Crippen molar-refractivity contribution in [2.45, 2.75) is 6.67 Å². The lowest BCUT2D eigenvalue weighted by atomic mass is 10.4. The summed E-state index contributed by atoms with van der Waals surface area (Å²) in [5.74, 6) is -0.582. The van der Waals surface area contributed by atoms with Crippen molar-refractivity contribution in [2.24, 2.45) is 0 Å². The summed E-state index contributed by atoms with van der Waals surface area (Å²) in [5.41, 5.74) is 5.58. The molecule has 2 aromatic rings. The third-order valence-corrected chi connectivity index (χ3v) is 1.83. The van der Waals surface area contributed by atoms with E-state index in [2.05, 4.69) is 10.2 Å². The van der Waals surface area contributed by atoms with Crippen molar-refractivity contribution in [3.8, 4) is 0 Å². The number of nitrogens with two attached hydrogens (primary N) is 1. The van der Waals surface area contributed by atoms with Crippen LogP contribution in [0.2, 0.25) is 0 Å². The maximum atomic E-state index is 10.6. The minimum Gasteiger partial charge on any atom is -0.478 e. The second-order valence-electron chi connectivity index (χ2n) is 3.00. The molecule has 0 radical (unpaired) electrons. The van der Waals surface area contributed by atoms with Gasteiger partial charge in [-0.05, 0) is 0 Å². The fraction of sp³-hybridized carbons (Fsp3) is 0.125. The monoisotopic (exact) mass is 207 g/mol. The van der Waals surface area contributed by atoms with Crippen LogP contribution in [0.4, 0.5) is 5.82 Å². The normalized spacial score (nSPS) is 10.4. The summed E-state index contributed by atoms with van der Waals surface area (Å²) >= 11 is 0. The lowest BCUT2D eigenvalue weighted by Crippen LogP contribution is -2.09. The Kier molecular flexibility index (Phi) is 2.13. The van der Waals surface area contributed by atoms with Crippen LogP contribution in [0.5, 0.6) is 0 Å². The molecule has 0 aliphatic rings. The molecule has 78 valence electrons. The Morgan fingerprint density at radius 1 is 1.53 bits per heavy atom. The highest BCUT2D eigenvalue weighted by Crippen LogP contribution is 2.00. The van der Waals surface area contributed by atoms with Crippen LogP contribution in [-0.4, -0.2) is 30.6 Å². The molecule has 0 unspecified atom stereocenters. The average Bonchev–Trinajstić information content (AvgIpc) is 2.76. The van der Waals surface area contributed by atoms with Gasteiger partial charge in [0.15, 0.2) is 0 Å². The van der Waals surface area contributed by atoms with E-state index in [9.17, 15) is 4.79 Å². The molecule has 0 saturated heterocycles. The summed E-state index contributed by atoms with van der Waals surface area (Å²) in [5, 5.41) is 16.5. The molecule has 0 atom stereocenters. The molecule has 7 heteroatoms. The Hall–Kier alpha value is -2.31. The number of aromatic carboxylic acids is 1. The van der Waals surface area contributed by atoms with E-state index < -0.39 is 5.97 Å². The van der Waals surface area contributed by atoms with Gasteiger partial charge in [0.25, 0.3) is 0 Å². The van der Waals surface area contributed by atoms with Crippen molar-refractivity contribution in [1.82, 2.24) is 19.6 Å². The van der Waals surface area contributed by atoms with Gasteiger partial charge in [0.2, 0.25) is 0 Å². The van der Waals surface area contributed by atoms with Gasteiger partial charge in [-0.1, -0.05) is 0 Å². The third kappa shape index (κ3) is 1.96. The predicted octanol–water partition coefficient (Wildman–Crippen LogP) is -0.134. The number of hydrogen-bond acceptors (Lipinski definition) is 4. The second-order valence-corrected chi connectivity index (χ2v) is 3.00. The predicted molar refractivity (Wildman–Crippen MR) is 51.2 cm³/mol. The molecule has 0 aliphatic carbocycles. The van der Waals surface area contributed by atoms with Crippen molar-refractivity contribution in [3.05, 3.63) is 30.2 Å². The molecule has 7 nitrogen and oxygen atoms in total. The maximum absolute atomic E-state index is 10.6. The lowest BCUT2D eigenvalue weighted by molar-refractivity contribution is 0.0696. The molecule has 0 aromatic carbocycles. The van der Waals surface area contributed by atoms with Crippen LogP contribution in [-0.2, 0) is 6.67 Å². The van der Waals surface area contributed by atoms with E-state index in [0.29, 0.717) is 12.5 Å². The van der Waals surface area contributed by atoms with Crippen LogP contribution in [0, 0.1) is 0 Å². The number of nitrogen functional groups attached to an aromatic ring is 1. The standard InChI is InChI=1S/C8H9N5O2/c9-7-1-2-12(11-7)5-13-4-6(3-10-13)8(14)15/h1-4H,5H2,(H2,9,11)(H,14,15). The Morgan fingerprint density at radius 2 is 2.33 bits per heavy atom. The van der Waals surface area contributed by atoms with Crippen molar-refractivity contribution in [3.63, 3.8) is 0 Å². The van der Waals surface area contributed by atoms with Crippen molar-refractivity contribution in [2.75, 3.05) is 5.73 Å². The SMILES string of the molecule is Nc1ccn(Cn2cc(C(=O)O)cn2)n1. The van der Waals surface area contributed by atoms with Gasteiger partial charge in [0, 0.05) is 18.5 Å². The Bertz CT molecular complexity index is 487. The summed E-state index contributed by atoms with van der Waals surface area (Å²) in [6.07, 6.45) is 4.41. The van der Waals surface area contributed by atoms with Crippen LogP contribution in [0.15, 0.2) is 24.7 Å². The van der Waals surface area contributed by atoms with Crippen molar-refractivity contribution >= 4 is 11.8 Å². The maximum Gasteiger partial charge on any atom is 0.338 e. The minimum absolute atomic E-state index is 0.148. The first-order valence-electron chi connectivity index (χ1n) is 4.20. The van der Waals surface area contributed by atoms with E-state index in [1.807, 2.05) is 0 Å². The minimum atomic E-state index is -0.999. The number of anilines is 1. The number of rotatable bonds is 3. The first kappa shape index (κ1) is 9.25. The second kappa shape index (κ2) is 3.45. The highest BCUT2D eigenvalue weighted by molar-refractivity contribution is 5.86. The zero-order chi connectivity index (χ0) is 10.8. The summed E-state index contributed by atoms with van der Waals surface area (Å²) in [7, 11) is 0. The molecule has 0 spiro atoms. The molecule has 15 heavy (non-hydrogen) atoms. The summed E-state index contributed by atoms with van der Waals surface area (Å²) < 4.78 is 3.03. The van der Waals surface area contributed by atoms with Gasteiger partial charge in [0.1, 0.15) is 12.5 Å².